The summed E-state index contributed by atoms with van der Waals surface area (Å²) in [7, 11) is -3.10. The van der Waals surface area contributed by atoms with Gasteiger partial charge in [0.25, 0.3) is 0 Å². The number of nitrogens with zero attached hydrogens (tertiary/aromatic N) is 1. The van der Waals surface area contributed by atoms with Gasteiger partial charge < -0.3 is 4.90 Å². The van der Waals surface area contributed by atoms with Crippen molar-refractivity contribution < 1.29 is 13.2 Å². The van der Waals surface area contributed by atoms with Gasteiger partial charge in [-0.3, -0.25) is 4.79 Å². The van der Waals surface area contributed by atoms with Crippen LogP contribution in [0.25, 0.3) is 6.08 Å². The summed E-state index contributed by atoms with van der Waals surface area (Å²) in [4.78, 5) is 14.7. The van der Waals surface area contributed by atoms with E-state index in [0.29, 0.717) is 23.9 Å². The van der Waals surface area contributed by atoms with Crippen molar-refractivity contribution in [2.45, 2.75) is 38.8 Å². The average molecular weight is 432 g/mol. The van der Waals surface area contributed by atoms with Gasteiger partial charge in [-0.05, 0) is 41.2 Å². The summed E-state index contributed by atoms with van der Waals surface area (Å²) in [6.45, 7) is 4.64. The van der Waals surface area contributed by atoms with Crippen molar-refractivity contribution in [3.05, 3.63) is 76.3 Å². The van der Waals surface area contributed by atoms with Gasteiger partial charge in [-0.2, -0.15) is 0 Å². The Bertz CT molecular complexity index is 997. The van der Waals surface area contributed by atoms with Crippen molar-refractivity contribution in [1.29, 1.82) is 0 Å². The molecule has 2 aromatic carbocycles. The number of benzene rings is 2. The quantitative estimate of drug-likeness (QED) is 0.623. The molecule has 0 saturated carbocycles. The summed E-state index contributed by atoms with van der Waals surface area (Å²) in [6.07, 6.45) is 3.63. The Morgan fingerprint density at radius 2 is 1.86 bits per heavy atom. The molecule has 0 unspecified atom stereocenters. The van der Waals surface area contributed by atoms with Gasteiger partial charge in [0.05, 0.1) is 11.5 Å². The summed E-state index contributed by atoms with van der Waals surface area (Å²) in [5.41, 5.74) is 2.97. The highest BCUT2D eigenvalue weighted by Gasteiger charge is 2.34. The third-order valence-corrected chi connectivity index (χ3v) is 7.34. The normalized spacial score (nSPS) is 18.4. The van der Waals surface area contributed by atoms with E-state index in [0.717, 1.165) is 11.1 Å². The number of carbonyl (C=O) groups is 1. The van der Waals surface area contributed by atoms with Crippen LogP contribution in [0.5, 0.6) is 0 Å². The molecule has 1 aliphatic heterocycles. The van der Waals surface area contributed by atoms with E-state index in [4.69, 9.17) is 11.6 Å². The zero-order valence-electron chi connectivity index (χ0n) is 16.7. The van der Waals surface area contributed by atoms with E-state index in [9.17, 15) is 13.2 Å². The van der Waals surface area contributed by atoms with Crippen LogP contribution in [0, 0.1) is 0 Å². The van der Waals surface area contributed by atoms with Gasteiger partial charge in [0.2, 0.25) is 5.91 Å². The molecule has 4 nitrogen and oxygen atoms in total. The van der Waals surface area contributed by atoms with Crippen LogP contribution in [0.15, 0.2) is 54.6 Å². The summed E-state index contributed by atoms with van der Waals surface area (Å²) in [6, 6.07) is 15.1. The van der Waals surface area contributed by atoms with Crippen LogP contribution in [0.3, 0.4) is 0 Å². The smallest absolute Gasteiger partial charge is 0.247 e. The first-order valence-electron chi connectivity index (χ1n) is 9.77. The Balaban J connectivity index is 1.82. The van der Waals surface area contributed by atoms with Crippen molar-refractivity contribution in [3.63, 3.8) is 0 Å². The highest BCUT2D eigenvalue weighted by atomic mass is 35.5. The van der Waals surface area contributed by atoms with Crippen LogP contribution in [-0.4, -0.2) is 36.8 Å². The van der Waals surface area contributed by atoms with Crippen LogP contribution < -0.4 is 0 Å². The zero-order chi connectivity index (χ0) is 21.0. The zero-order valence-corrected chi connectivity index (χ0v) is 18.3. The first kappa shape index (κ1) is 21.6. The molecule has 1 amide bonds. The molecule has 1 aliphatic rings. The van der Waals surface area contributed by atoms with E-state index in [1.807, 2.05) is 30.3 Å². The molecule has 0 radical (unpaired) electrons. The van der Waals surface area contributed by atoms with E-state index in [1.54, 1.807) is 17.0 Å². The van der Waals surface area contributed by atoms with Crippen molar-refractivity contribution in [3.8, 4) is 0 Å². The van der Waals surface area contributed by atoms with Gasteiger partial charge in [-0.15, -0.1) is 0 Å². The molecule has 0 N–H and O–H groups in total. The van der Waals surface area contributed by atoms with E-state index in [1.165, 1.54) is 11.6 Å². The summed E-state index contributed by atoms with van der Waals surface area (Å²) >= 11 is 6.17. The lowest BCUT2D eigenvalue weighted by Gasteiger charge is -2.27. The monoisotopic (exact) mass is 431 g/mol. The fourth-order valence-corrected chi connectivity index (χ4v) is 5.41. The van der Waals surface area contributed by atoms with E-state index in [-0.39, 0.29) is 23.5 Å². The second-order valence-corrected chi connectivity index (χ2v) is 10.4. The lowest BCUT2D eigenvalue weighted by atomic mass is 10.0. The van der Waals surface area contributed by atoms with Crippen molar-refractivity contribution in [2.75, 3.05) is 11.5 Å². The Hall–Kier alpha value is -2.11. The van der Waals surface area contributed by atoms with Gasteiger partial charge >= 0.3 is 0 Å². The fraction of sp³-hybridized carbons (Fsp3) is 0.348. The molecule has 1 heterocycles. The van der Waals surface area contributed by atoms with E-state index in [2.05, 4.69) is 26.0 Å². The molecule has 0 aliphatic carbocycles. The van der Waals surface area contributed by atoms with Crippen molar-refractivity contribution in [1.82, 2.24) is 4.90 Å². The van der Waals surface area contributed by atoms with Crippen LogP contribution in [0.1, 0.15) is 42.9 Å². The third kappa shape index (κ3) is 5.71. The summed E-state index contributed by atoms with van der Waals surface area (Å²) in [5.74, 6) is 0.366. The maximum atomic E-state index is 13.0. The van der Waals surface area contributed by atoms with E-state index < -0.39 is 9.84 Å². The molecule has 6 heteroatoms. The molecular weight excluding hydrogens is 406 g/mol. The molecule has 0 bridgehead atoms. The predicted molar refractivity (Wildman–Crippen MR) is 119 cm³/mol. The van der Waals surface area contributed by atoms with Crippen LogP contribution in [0.4, 0.5) is 0 Å². The Morgan fingerprint density at radius 3 is 2.45 bits per heavy atom. The minimum atomic E-state index is -3.10. The van der Waals surface area contributed by atoms with Gasteiger partial charge in [0.1, 0.15) is 0 Å². The van der Waals surface area contributed by atoms with Crippen molar-refractivity contribution >= 4 is 33.4 Å². The Labute approximate surface area is 178 Å². The highest BCUT2D eigenvalue weighted by molar-refractivity contribution is 7.91. The molecular formula is C23H26ClNO3S. The first-order valence-corrected chi connectivity index (χ1v) is 12.0. The molecule has 29 heavy (non-hydrogen) atoms. The number of halogens is 1. The lowest BCUT2D eigenvalue weighted by molar-refractivity contribution is -0.128. The maximum absolute atomic E-state index is 13.0. The fourth-order valence-electron chi connectivity index (χ4n) is 3.48. The minimum Gasteiger partial charge on any atom is -0.331 e. The first-order chi connectivity index (χ1) is 13.7. The lowest BCUT2D eigenvalue weighted by Crippen LogP contribution is -2.39. The van der Waals surface area contributed by atoms with Gasteiger partial charge in [-0.25, -0.2) is 8.42 Å². The number of hydrogen-bond acceptors (Lipinski definition) is 3. The topological polar surface area (TPSA) is 54.5 Å². The second-order valence-electron chi connectivity index (χ2n) is 7.77. The summed E-state index contributed by atoms with van der Waals surface area (Å²) < 4.78 is 24.0. The molecule has 1 atom stereocenters. The average Bonchev–Trinajstić information content (AvgIpc) is 3.05. The molecule has 0 spiro atoms. The van der Waals surface area contributed by atoms with Crippen LogP contribution >= 0.6 is 11.6 Å². The molecule has 2 aromatic rings. The highest BCUT2D eigenvalue weighted by Crippen LogP contribution is 2.23. The molecule has 3 rings (SSSR count). The predicted octanol–water partition coefficient (Wildman–Crippen LogP) is 4.69. The Morgan fingerprint density at radius 1 is 1.17 bits per heavy atom. The van der Waals surface area contributed by atoms with Crippen LogP contribution in [-0.2, 0) is 21.2 Å². The molecule has 0 aromatic heterocycles. The SMILES string of the molecule is CC(C)c1ccc(CN(C(=O)/C=C\c2ccccc2Cl)[C@@H]2CCS(=O)(=O)C2)cc1. The number of rotatable bonds is 6. The van der Waals surface area contributed by atoms with Gasteiger partial charge in [0, 0.05) is 23.7 Å². The minimum absolute atomic E-state index is 0.0166. The largest absolute Gasteiger partial charge is 0.331 e. The van der Waals surface area contributed by atoms with Gasteiger partial charge in [-0.1, -0.05) is 67.9 Å². The molecule has 1 saturated heterocycles. The van der Waals surface area contributed by atoms with Crippen LogP contribution in [0.2, 0.25) is 5.02 Å². The maximum Gasteiger partial charge on any atom is 0.247 e. The number of sulfone groups is 1. The summed E-state index contributed by atoms with van der Waals surface area (Å²) in [5, 5.41) is 0.566. The molecule has 1 fully saturated rings. The number of carbonyl (C=O) groups excluding carboxylic acids is 1. The second kappa shape index (κ2) is 9.14. The Kier molecular flexibility index (Phi) is 6.81. The number of amides is 1. The standard InChI is InChI=1S/C23H26ClNO3S/c1-17(2)19-9-7-18(8-10-19)15-25(21-13-14-29(27,28)16-21)23(26)12-11-20-5-3-4-6-22(20)24/h3-12,17,21H,13-16H2,1-2H3/b12-11-/t21-/m1/s1. The van der Waals surface area contributed by atoms with Crippen molar-refractivity contribution in [2.24, 2.45) is 0 Å². The number of hydrogen-bond donors (Lipinski definition) is 0. The van der Waals surface area contributed by atoms with Gasteiger partial charge in [0.15, 0.2) is 9.84 Å². The van der Waals surface area contributed by atoms with E-state index >= 15 is 0 Å². The molecule has 154 valence electrons. The third-order valence-electron chi connectivity index (χ3n) is 5.24.